The van der Waals surface area contributed by atoms with Crippen LogP contribution in [0.2, 0.25) is 0 Å². The average Bonchev–Trinajstić information content (AvgIpc) is 2.84. The summed E-state index contributed by atoms with van der Waals surface area (Å²) in [5.41, 5.74) is 0. The summed E-state index contributed by atoms with van der Waals surface area (Å²) in [6.07, 6.45) is 11.1. The van der Waals surface area contributed by atoms with Crippen molar-refractivity contribution in [2.24, 2.45) is 10.9 Å². The topological polar surface area (TPSA) is 42.9 Å². The second kappa shape index (κ2) is 11.7. The van der Waals surface area contributed by atoms with Crippen LogP contribution in [0.3, 0.4) is 0 Å². The van der Waals surface area contributed by atoms with Crippen molar-refractivity contribution < 1.29 is 0 Å². The van der Waals surface area contributed by atoms with Gasteiger partial charge in [-0.1, -0.05) is 32.1 Å². The highest BCUT2D eigenvalue weighted by molar-refractivity contribution is 5.79. The van der Waals surface area contributed by atoms with Crippen LogP contribution in [0.5, 0.6) is 0 Å². The van der Waals surface area contributed by atoms with Crippen molar-refractivity contribution in [2.45, 2.75) is 64.3 Å². The molecular formula is C20H41N5. The molecule has 2 aliphatic rings. The number of likely N-dealkylation sites (N-methyl/N-ethyl adjacent to an activating group) is 1. The Morgan fingerprint density at radius 1 is 1.08 bits per heavy atom. The summed E-state index contributed by atoms with van der Waals surface area (Å²) >= 11 is 0. The third-order valence-corrected chi connectivity index (χ3v) is 5.87. The van der Waals surface area contributed by atoms with Crippen LogP contribution >= 0.6 is 0 Å². The number of hydrogen-bond donors (Lipinski definition) is 2. The van der Waals surface area contributed by atoms with E-state index in [1.807, 2.05) is 7.05 Å². The third kappa shape index (κ3) is 8.41. The number of hydrogen-bond acceptors (Lipinski definition) is 3. The van der Waals surface area contributed by atoms with Crippen molar-refractivity contribution in [1.29, 1.82) is 0 Å². The fourth-order valence-corrected chi connectivity index (χ4v) is 4.12. The summed E-state index contributed by atoms with van der Waals surface area (Å²) in [7, 11) is 4.10. The van der Waals surface area contributed by atoms with Crippen LogP contribution in [0.25, 0.3) is 0 Å². The summed E-state index contributed by atoms with van der Waals surface area (Å²) < 4.78 is 0. The van der Waals surface area contributed by atoms with Crippen molar-refractivity contribution in [1.82, 2.24) is 20.4 Å². The second-order valence-electron chi connectivity index (χ2n) is 8.12. The molecule has 1 atom stereocenters. The van der Waals surface area contributed by atoms with Gasteiger partial charge in [0.1, 0.15) is 0 Å². The Kier molecular flexibility index (Phi) is 9.63. The van der Waals surface area contributed by atoms with E-state index in [9.17, 15) is 0 Å². The summed E-state index contributed by atoms with van der Waals surface area (Å²) in [5, 5.41) is 7.08. The lowest BCUT2D eigenvalue weighted by Gasteiger charge is -2.25. The first-order valence-electron chi connectivity index (χ1n) is 10.6. The standard InChI is InChI=1S/C20H41N5/c1-18(10-11-19-8-5-4-6-9-19)23-20(21-2)22-12-15-25-14-7-13-24(3)16-17-25/h18-19H,4-17H2,1-3H3,(H2,21,22,23). The molecule has 25 heavy (non-hydrogen) atoms. The Morgan fingerprint density at radius 3 is 2.64 bits per heavy atom. The monoisotopic (exact) mass is 351 g/mol. The molecule has 1 aliphatic heterocycles. The van der Waals surface area contributed by atoms with Crippen molar-refractivity contribution in [3.8, 4) is 0 Å². The smallest absolute Gasteiger partial charge is 0.191 e. The fraction of sp³-hybridized carbons (Fsp3) is 0.950. The first-order valence-corrected chi connectivity index (χ1v) is 10.6. The van der Waals surface area contributed by atoms with Gasteiger partial charge in [-0.25, -0.2) is 0 Å². The second-order valence-corrected chi connectivity index (χ2v) is 8.12. The molecule has 5 heteroatoms. The van der Waals surface area contributed by atoms with Gasteiger partial charge in [-0.3, -0.25) is 4.99 Å². The van der Waals surface area contributed by atoms with Crippen molar-refractivity contribution in [3.05, 3.63) is 0 Å². The van der Waals surface area contributed by atoms with Crippen LogP contribution in [-0.2, 0) is 0 Å². The van der Waals surface area contributed by atoms with Gasteiger partial charge in [0.25, 0.3) is 0 Å². The summed E-state index contributed by atoms with van der Waals surface area (Å²) in [4.78, 5) is 9.40. The molecule has 0 aromatic carbocycles. The molecule has 1 heterocycles. The lowest BCUT2D eigenvalue weighted by atomic mass is 9.85. The first kappa shape index (κ1) is 20.5. The zero-order valence-corrected chi connectivity index (χ0v) is 16.9. The van der Waals surface area contributed by atoms with Crippen molar-refractivity contribution in [3.63, 3.8) is 0 Å². The Labute approximate surface area is 155 Å². The molecule has 1 saturated carbocycles. The molecule has 2 rings (SSSR count). The van der Waals surface area contributed by atoms with E-state index in [2.05, 4.69) is 39.4 Å². The van der Waals surface area contributed by atoms with Gasteiger partial charge in [0.05, 0.1) is 0 Å². The average molecular weight is 352 g/mol. The van der Waals surface area contributed by atoms with Gasteiger partial charge < -0.3 is 20.4 Å². The van der Waals surface area contributed by atoms with Crippen LogP contribution in [0, 0.1) is 5.92 Å². The maximum absolute atomic E-state index is 4.40. The van der Waals surface area contributed by atoms with Crippen LogP contribution in [0.15, 0.2) is 4.99 Å². The Balaban J connectivity index is 1.59. The van der Waals surface area contributed by atoms with E-state index in [1.54, 1.807) is 0 Å². The molecule has 146 valence electrons. The van der Waals surface area contributed by atoms with Gasteiger partial charge in [-0.05, 0) is 52.2 Å². The maximum atomic E-state index is 4.40. The molecule has 0 aromatic heterocycles. The molecule has 0 spiro atoms. The molecule has 0 aromatic rings. The van der Waals surface area contributed by atoms with E-state index < -0.39 is 0 Å². The molecule has 1 aliphatic carbocycles. The molecule has 2 N–H and O–H groups in total. The minimum absolute atomic E-state index is 0.500. The van der Waals surface area contributed by atoms with Gasteiger partial charge >= 0.3 is 0 Å². The van der Waals surface area contributed by atoms with Crippen LogP contribution in [0.4, 0.5) is 0 Å². The van der Waals surface area contributed by atoms with Gasteiger partial charge in [-0.15, -0.1) is 0 Å². The van der Waals surface area contributed by atoms with Crippen LogP contribution < -0.4 is 10.6 Å². The maximum Gasteiger partial charge on any atom is 0.191 e. The zero-order chi connectivity index (χ0) is 17.9. The molecule has 2 fully saturated rings. The number of guanidine groups is 1. The number of aliphatic imine (C=N–C) groups is 1. The Hall–Kier alpha value is -0.810. The van der Waals surface area contributed by atoms with Gasteiger partial charge in [0.2, 0.25) is 0 Å². The quantitative estimate of drug-likeness (QED) is 0.546. The predicted molar refractivity (Wildman–Crippen MR) is 108 cm³/mol. The Morgan fingerprint density at radius 2 is 1.88 bits per heavy atom. The number of nitrogens with one attached hydrogen (secondary N) is 2. The third-order valence-electron chi connectivity index (χ3n) is 5.87. The SMILES string of the molecule is CN=C(NCCN1CCCN(C)CC1)NC(C)CCC1CCCCC1. The highest BCUT2D eigenvalue weighted by atomic mass is 15.2. The lowest BCUT2D eigenvalue weighted by molar-refractivity contribution is 0.279. The Bertz CT molecular complexity index is 378. The van der Waals surface area contributed by atoms with E-state index in [0.29, 0.717) is 6.04 Å². The van der Waals surface area contributed by atoms with E-state index in [-0.39, 0.29) is 0 Å². The minimum atomic E-state index is 0.500. The van der Waals surface area contributed by atoms with Gasteiger partial charge in [0.15, 0.2) is 5.96 Å². The molecule has 1 unspecified atom stereocenters. The highest BCUT2D eigenvalue weighted by Gasteiger charge is 2.15. The van der Waals surface area contributed by atoms with Gasteiger partial charge in [0, 0.05) is 39.3 Å². The van der Waals surface area contributed by atoms with E-state index in [4.69, 9.17) is 0 Å². The highest BCUT2D eigenvalue weighted by Crippen LogP contribution is 2.27. The zero-order valence-electron chi connectivity index (χ0n) is 16.9. The largest absolute Gasteiger partial charge is 0.355 e. The minimum Gasteiger partial charge on any atom is -0.355 e. The number of rotatable bonds is 7. The van der Waals surface area contributed by atoms with E-state index in [1.165, 1.54) is 77.5 Å². The van der Waals surface area contributed by atoms with Crippen LogP contribution in [-0.4, -0.2) is 75.2 Å². The summed E-state index contributed by atoms with van der Waals surface area (Å²) in [6.45, 7) is 9.18. The molecule has 0 bridgehead atoms. The van der Waals surface area contributed by atoms with Crippen molar-refractivity contribution >= 4 is 5.96 Å². The first-order chi connectivity index (χ1) is 12.2. The van der Waals surface area contributed by atoms with E-state index >= 15 is 0 Å². The molecule has 0 amide bonds. The molecular weight excluding hydrogens is 310 g/mol. The van der Waals surface area contributed by atoms with Crippen molar-refractivity contribution in [2.75, 3.05) is 53.4 Å². The number of nitrogens with zero attached hydrogens (tertiary/aromatic N) is 3. The lowest BCUT2D eigenvalue weighted by Crippen LogP contribution is -2.45. The molecule has 0 radical (unpaired) electrons. The van der Waals surface area contributed by atoms with E-state index in [0.717, 1.165) is 25.0 Å². The van der Waals surface area contributed by atoms with Crippen LogP contribution in [0.1, 0.15) is 58.3 Å². The normalized spacial score (nSPS) is 23.2. The summed E-state index contributed by atoms with van der Waals surface area (Å²) in [5.74, 6) is 1.93. The fourth-order valence-electron chi connectivity index (χ4n) is 4.12. The predicted octanol–water partition coefficient (Wildman–Crippen LogP) is 2.54. The van der Waals surface area contributed by atoms with Gasteiger partial charge in [-0.2, -0.15) is 0 Å². The molecule has 1 saturated heterocycles. The summed E-state index contributed by atoms with van der Waals surface area (Å²) in [6, 6.07) is 0.500. The molecule has 5 nitrogen and oxygen atoms in total.